The molecule has 3 N–H and O–H groups in total. The van der Waals surface area contributed by atoms with Crippen molar-refractivity contribution >= 4 is 23.7 Å². The van der Waals surface area contributed by atoms with Crippen molar-refractivity contribution in [3.05, 3.63) is 89.0 Å². The van der Waals surface area contributed by atoms with Crippen LogP contribution >= 0.6 is 0 Å². The summed E-state index contributed by atoms with van der Waals surface area (Å²) in [6.07, 6.45) is 1.03. The average molecular weight is 471 g/mol. The van der Waals surface area contributed by atoms with Crippen molar-refractivity contribution in [3.63, 3.8) is 0 Å². The smallest absolute Gasteiger partial charge is 0.411 e. The number of carbonyl (C=O) groups is 3. The lowest BCUT2D eigenvalue weighted by molar-refractivity contribution is -0.139. The van der Waals surface area contributed by atoms with E-state index in [9.17, 15) is 19.5 Å². The number of carbonyl (C=O) groups excluding carboxylic acids is 2. The molecule has 0 heterocycles. The van der Waals surface area contributed by atoms with E-state index in [-0.39, 0.29) is 18.4 Å². The second kappa shape index (κ2) is 9.25. The summed E-state index contributed by atoms with van der Waals surface area (Å²) < 4.78 is 5.59. The summed E-state index contributed by atoms with van der Waals surface area (Å²) in [5.41, 5.74) is 6.13. The van der Waals surface area contributed by atoms with Crippen molar-refractivity contribution < 1.29 is 24.2 Å². The number of hydrogen-bond donors (Lipinski definition) is 3. The summed E-state index contributed by atoms with van der Waals surface area (Å²) in [4.78, 5) is 36.5. The molecular weight excluding hydrogens is 444 g/mol. The number of hydrogen-bond acceptors (Lipinski definition) is 4. The fourth-order valence-electron chi connectivity index (χ4n) is 4.72. The van der Waals surface area contributed by atoms with Crippen molar-refractivity contribution in [3.8, 4) is 11.1 Å². The molecule has 7 heteroatoms. The minimum atomic E-state index is -1.02. The Morgan fingerprint density at radius 3 is 2.17 bits per heavy atom. The first-order chi connectivity index (χ1) is 16.9. The minimum Gasteiger partial charge on any atom is -0.480 e. The van der Waals surface area contributed by atoms with Gasteiger partial charge in [-0.15, -0.1) is 0 Å². The quantitative estimate of drug-likeness (QED) is 0.453. The van der Waals surface area contributed by atoms with Crippen LogP contribution in [0.3, 0.4) is 0 Å². The molecular formula is C28H26N2O5. The fourth-order valence-corrected chi connectivity index (χ4v) is 4.72. The van der Waals surface area contributed by atoms with Crippen molar-refractivity contribution in [2.75, 3.05) is 11.9 Å². The predicted octanol–water partition coefficient (Wildman–Crippen LogP) is 4.95. The second-order valence-corrected chi connectivity index (χ2v) is 9.11. The molecule has 0 saturated heterocycles. The highest BCUT2D eigenvalue weighted by atomic mass is 16.5. The molecule has 5 rings (SSSR count). The van der Waals surface area contributed by atoms with Gasteiger partial charge in [0.05, 0.1) is 0 Å². The molecule has 2 amide bonds. The summed E-state index contributed by atoms with van der Waals surface area (Å²) in [7, 11) is 0. The molecule has 2 aliphatic rings. The second-order valence-electron chi connectivity index (χ2n) is 9.11. The van der Waals surface area contributed by atoms with E-state index in [4.69, 9.17) is 4.74 Å². The van der Waals surface area contributed by atoms with Crippen LogP contribution in [-0.2, 0) is 9.53 Å². The number of ether oxygens (including phenoxy) is 1. The largest absolute Gasteiger partial charge is 0.480 e. The van der Waals surface area contributed by atoms with Crippen LogP contribution in [0.25, 0.3) is 11.1 Å². The Bertz CT molecular complexity index is 1270. The van der Waals surface area contributed by atoms with Crippen molar-refractivity contribution in [1.82, 2.24) is 5.32 Å². The molecule has 35 heavy (non-hydrogen) atoms. The van der Waals surface area contributed by atoms with Gasteiger partial charge >= 0.3 is 12.1 Å². The molecule has 0 bridgehead atoms. The molecule has 0 spiro atoms. The van der Waals surface area contributed by atoms with E-state index in [1.54, 1.807) is 25.1 Å². The summed E-state index contributed by atoms with van der Waals surface area (Å²) in [6, 6.07) is 20.2. The highest BCUT2D eigenvalue weighted by molar-refractivity contribution is 5.98. The third kappa shape index (κ3) is 4.62. The van der Waals surface area contributed by atoms with Gasteiger partial charge in [-0.25, -0.2) is 9.59 Å². The number of fused-ring (bicyclic) bond motifs is 3. The maximum Gasteiger partial charge on any atom is 0.411 e. The zero-order chi connectivity index (χ0) is 24.5. The highest BCUT2D eigenvalue weighted by Gasteiger charge is 2.37. The van der Waals surface area contributed by atoms with E-state index in [1.165, 1.54) is 0 Å². The topological polar surface area (TPSA) is 105 Å². The van der Waals surface area contributed by atoms with E-state index in [0.717, 1.165) is 35.1 Å². The Morgan fingerprint density at radius 1 is 0.971 bits per heavy atom. The van der Waals surface area contributed by atoms with Crippen molar-refractivity contribution in [2.24, 2.45) is 5.92 Å². The average Bonchev–Trinajstić information content (AvgIpc) is 3.64. The lowest BCUT2D eigenvalue weighted by Crippen LogP contribution is -2.42. The van der Waals surface area contributed by atoms with E-state index < -0.39 is 24.0 Å². The number of nitrogens with one attached hydrogen (secondary N) is 2. The van der Waals surface area contributed by atoms with Crippen LogP contribution in [0.15, 0.2) is 66.7 Å². The van der Waals surface area contributed by atoms with Crippen LogP contribution in [-0.4, -0.2) is 35.7 Å². The molecule has 3 aromatic rings. The molecule has 1 saturated carbocycles. The van der Waals surface area contributed by atoms with Gasteiger partial charge in [-0.3, -0.25) is 10.1 Å². The van der Waals surface area contributed by atoms with Crippen LogP contribution in [0.4, 0.5) is 10.5 Å². The number of anilines is 1. The van der Waals surface area contributed by atoms with Gasteiger partial charge in [-0.1, -0.05) is 48.5 Å². The summed E-state index contributed by atoms with van der Waals surface area (Å²) in [5.74, 6) is -1.51. The maximum absolute atomic E-state index is 12.6. The molecule has 0 aliphatic heterocycles. The first-order valence-corrected chi connectivity index (χ1v) is 11.7. The van der Waals surface area contributed by atoms with Crippen molar-refractivity contribution in [1.29, 1.82) is 0 Å². The first kappa shape index (κ1) is 22.7. The number of carboxylic acid groups (broad SMARTS) is 1. The molecule has 1 unspecified atom stereocenters. The summed E-state index contributed by atoms with van der Waals surface area (Å²) >= 11 is 0. The van der Waals surface area contributed by atoms with Crippen LogP contribution in [0.2, 0.25) is 0 Å². The molecule has 2 aliphatic carbocycles. The van der Waals surface area contributed by atoms with Gasteiger partial charge in [-0.05, 0) is 71.7 Å². The van der Waals surface area contributed by atoms with Crippen molar-refractivity contribution in [2.45, 2.75) is 31.7 Å². The van der Waals surface area contributed by atoms with Gasteiger partial charge in [0.2, 0.25) is 0 Å². The Labute approximate surface area is 203 Å². The summed E-state index contributed by atoms with van der Waals surface area (Å²) in [5, 5.41) is 14.7. The van der Waals surface area contributed by atoms with Crippen LogP contribution in [0.1, 0.15) is 45.8 Å². The van der Waals surface area contributed by atoms with Crippen LogP contribution in [0, 0.1) is 12.8 Å². The van der Waals surface area contributed by atoms with Crippen LogP contribution in [0.5, 0.6) is 0 Å². The van der Waals surface area contributed by atoms with E-state index >= 15 is 0 Å². The number of carboxylic acids is 1. The maximum atomic E-state index is 12.6. The first-order valence-electron chi connectivity index (χ1n) is 11.7. The Morgan fingerprint density at radius 2 is 1.60 bits per heavy atom. The highest BCUT2D eigenvalue weighted by Crippen LogP contribution is 2.44. The summed E-state index contributed by atoms with van der Waals surface area (Å²) in [6.45, 7) is 1.97. The normalized spacial score (nSPS) is 15.0. The molecule has 3 aromatic carbocycles. The van der Waals surface area contributed by atoms with E-state index in [2.05, 4.69) is 34.9 Å². The minimum absolute atomic E-state index is 0.00736. The van der Waals surface area contributed by atoms with Crippen LogP contribution < -0.4 is 10.6 Å². The SMILES string of the molecule is Cc1cc(C(=O)NC(C(=O)O)C2CC2)ccc1NC(=O)OCC1c2ccccc2-c2ccccc21. The Balaban J connectivity index is 1.22. The Hall–Kier alpha value is -4.13. The number of aryl methyl sites for hydroxylation is 1. The van der Waals surface area contributed by atoms with Gasteiger partial charge in [-0.2, -0.15) is 0 Å². The van der Waals surface area contributed by atoms with E-state index in [1.807, 2.05) is 24.3 Å². The molecule has 0 aromatic heterocycles. The van der Waals surface area contributed by atoms with Gasteiger partial charge in [0, 0.05) is 17.2 Å². The third-order valence-electron chi connectivity index (χ3n) is 6.72. The standard InChI is InChI=1S/C28H26N2O5/c1-16-14-18(26(31)30-25(27(32)33)17-10-11-17)12-13-24(16)29-28(34)35-15-23-21-8-4-2-6-19(21)20-7-3-5-9-22(20)23/h2-9,12-14,17,23,25H,10-11,15H2,1H3,(H,29,34)(H,30,31)(H,32,33). The zero-order valence-electron chi connectivity index (χ0n) is 19.3. The Kier molecular flexibility index (Phi) is 5.99. The monoisotopic (exact) mass is 470 g/mol. The molecule has 178 valence electrons. The predicted molar refractivity (Wildman–Crippen MR) is 131 cm³/mol. The zero-order valence-corrected chi connectivity index (χ0v) is 19.3. The molecule has 1 atom stereocenters. The molecule has 0 radical (unpaired) electrons. The van der Waals surface area contributed by atoms with Gasteiger partial charge in [0.15, 0.2) is 0 Å². The number of rotatable bonds is 7. The number of aliphatic carboxylic acids is 1. The van der Waals surface area contributed by atoms with Gasteiger partial charge in [0.25, 0.3) is 5.91 Å². The number of benzene rings is 3. The van der Waals surface area contributed by atoms with E-state index in [0.29, 0.717) is 16.8 Å². The third-order valence-corrected chi connectivity index (χ3v) is 6.72. The molecule has 1 fully saturated rings. The molecule has 7 nitrogen and oxygen atoms in total. The lowest BCUT2D eigenvalue weighted by atomic mass is 9.98. The van der Waals surface area contributed by atoms with Gasteiger partial charge in [0.1, 0.15) is 12.6 Å². The lowest BCUT2D eigenvalue weighted by Gasteiger charge is -2.16. The number of amides is 2. The fraction of sp³-hybridized carbons (Fsp3) is 0.250. The van der Waals surface area contributed by atoms with Gasteiger partial charge < -0.3 is 15.2 Å².